The molecule has 0 aliphatic carbocycles. The van der Waals surface area contributed by atoms with Crippen LogP contribution in [-0.2, 0) is 11.3 Å². The van der Waals surface area contributed by atoms with Crippen molar-refractivity contribution in [1.29, 1.82) is 0 Å². The fraction of sp³-hybridized carbons (Fsp3) is 0.250. The highest BCUT2D eigenvalue weighted by Gasteiger charge is 2.09. The maximum Gasteiger partial charge on any atom is 0.200 e. The van der Waals surface area contributed by atoms with Gasteiger partial charge in [-0.05, 0) is 12.1 Å². The topological polar surface area (TPSA) is 53.1 Å². The number of hydrogen-bond acceptors (Lipinski definition) is 3. The van der Waals surface area contributed by atoms with Crippen LogP contribution < -0.4 is 5.73 Å². The van der Waals surface area contributed by atoms with Crippen LogP contribution in [0.25, 0.3) is 11.3 Å². The van der Waals surface area contributed by atoms with Crippen LogP contribution in [-0.4, -0.2) is 23.3 Å². The molecule has 2 rings (SSSR count). The Morgan fingerprint density at radius 1 is 1.47 bits per heavy atom. The molecule has 17 heavy (non-hydrogen) atoms. The van der Waals surface area contributed by atoms with Gasteiger partial charge in [-0.3, -0.25) is 0 Å². The molecule has 0 fully saturated rings. The molecule has 4 nitrogen and oxygen atoms in total. The van der Waals surface area contributed by atoms with Crippen LogP contribution in [0.4, 0.5) is 5.95 Å². The quantitative estimate of drug-likeness (QED) is 0.943. The number of imidazole rings is 1. The maximum atomic E-state index is 5.84. The number of ether oxygens (including phenoxy) is 1. The van der Waals surface area contributed by atoms with Crippen LogP contribution in [0.3, 0.4) is 0 Å². The van der Waals surface area contributed by atoms with Gasteiger partial charge in [0.2, 0.25) is 5.95 Å². The van der Waals surface area contributed by atoms with Crippen LogP contribution in [0.1, 0.15) is 0 Å². The second-order valence-corrected chi connectivity index (χ2v) is 4.57. The van der Waals surface area contributed by atoms with Gasteiger partial charge in [0, 0.05) is 23.7 Å². The van der Waals surface area contributed by atoms with Crippen LogP contribution >= 0.6 is 15.9 Å². The van der Waals surface area contributed by atoms with E-state index in [4.69, 9.17) is 10.5 Å². The van der Waals surface area contributed by atoms with Gasteiger partial charge in [0.1, 0.15) is 0 Å². The van der Waals surface area contributed by atoms with Gasteiger partial charge in [-0.25, -0.2) is 4.98 Å². The minimum Gasteiger partial charge on any atom is -0.383 e. The van der Waals surface area contributed by atoms with E-state index in [1.165, 1.54) is 0 Å². The van der Waals surface area contributed by atoms with Crippen LogP contribution in [0.15, 0.2) is 34.9 Å². The van der Waals surface area contributed by atoms with Crippen molar-refractivity contribution in [3.05, 3.63) is 34.9 Å². The van der Waals surface area contributed by atoms with E-state index in [-0.39, 0.29) is 0 Å². The van der Waals surface area contributed by atoms with E-state index in [0.29, 0.717) is 19.1 Å². The first-order chi connectivity index (χ1) is 8.22. The van der Waals surface area contributed by atoms with Gasteiger partial charge in [-0.15, -0.1) is 0 Å². The number of benzene rings is 1. The molecule has 1 heterocycles. The highest BCUT2D eigenvalue weighted by molar-refractivity contribution is 9.10. The van der Waals surface area contributed by atoms with Crippen molar-refractivity contribution < 1.29 is 4.74 Å². The highest BCUT2D eigenvalue weighted by atomic mass is 79.9. The molecule has 5 heteroatoms. The molecule has 1 aromatic carbocycles. The predicted molar refractivity (Wildman–Crippen MR) is 71.7 cm³/mol. The number of aromatic nitrogens is 2. The number of anilines is 1. The van der Waals surface area contributed by atoms with Gasteiger partial charge in [0.05, 0.1) is 18.5 Å². The molecule has 0 unspecified atom stereocenters. The second kappa shape index (κ2) is 5.33. The third-order valence-electron chi connectivity index (χ3n) is 2.53. The van der Waals surface area contributed by atoms with Crippen molar-refractivity contribution in [1.82, 2.24) is 9.55 Å². The van der Waals surface area contributed by atoms with E-state index >= 15 is 0 Å². The summed E-state index contributed by atoms with van der Waals surface area (Å²) in [5, 5.41) is 0. The van der Waals surface area contributed by atoms with Gasteiger partial charge in [0.15, 0.2) is 0 Å². The molecule has 2 N–H and O–H groups in total. The lowest BCUT2D eigenvalue weighted by molar-refractivity contribution is 0.188. The molecule has 0 bridgehead atoms. The van der Waals surface area contributed by atoms with E-state index in [1.54, 1.807) is 13.3 Å². The number of methoxy groups -OCH3 is 1. The highest BCUT2D eigenvalue weighted by Crippen LogP contribution is 2.24. The Hall–Kier alpha value is -1.33. The number of nitrogen functional groups attached to an aromatic ring is 1. The number of nitrogens with zero attached hydrogens (tertiary/aromatic N) is 2. The fourth-order valence-corrected chi connectivity index (χ4v) is 2.09. The summed E-state index contributed by atoms with van der Waals surface area (Å²) in [5.41, 5.74) is 7.93. The Labute approximate surface area is 109 Å². The molecular weight excluding hydrogens is 282 g/mol. The Kier molecular flexibility index (Phi) is 3.81. The zero-order valence-corrected chi connectivity index (χ0v) is 11.1. The average molecular weight is 296 g/mol. The van der Waals surface area contributed by atoms with E-state index in [2.05, 4.69) is 20.9 Å². The Morgan fingerprint density at radius 3 is 3.00 bits per heavy atom. The van der Waals surface area contributed by atoms with Gasteiger partial charge in [-0.1, -0.05) is 28.1 Å². The molecule has 0 spiro atoms. The Bertz CT molecular complexity index is 510. The Balaban J connectivity index is 2.38. The summed E-state index contributed by atoms with van der Waals surface area (Å²) in [5.74, 6) is 0.511. The molecule has 1 aromatic heterocycles. The summed E-state index contributed by atoms with van der Waals surface area (Å²) in [6.07, 6.45) is 1.78. The summed E-state index contributed by atoms with van der Waals surface area (Å²) in [4.78, 5) is 4.15. The lowest BCUT2D eigenvalue weighted by atomic mass is 10.2. The molecular formula is C12H14BrN3O. The predicted octanol–water partition coefficient (Wildman–Crippen LogP) is 2.54. The second-order valence-electron chi connectivity index (χ2n) is 3.66. The summed E-state index contributed by atoms with van der Waals surface area (Å²) in [7, 11) is 1.67. The van der Waals surface area contributed by atoms with Crippen LogP contribution in [0, 0.1) is 0 Å². The van der Waals surface area contributed by atoms with E-state index in [9.17, 15) is 0 Å². The zero-order valence-electron chi connectivity index (χ0n) is 9.56. The van der Waals surface area contributed by atoms with Gasteiger partial charge in [0.25, 0.3) is 0 Å². The zero-order chi connectivity index (χ0) is 12.3. The van der Waals surface area contributed by atoms with Crippen LogP contribution in [0.5, 0.6) is 0 Å². The molecule has 0 atom stereocenters. The van der Waals surface area contributed by atoms with Crippen molar-refractivity contribution in [2.75, 3.05) is 19.5 Å². The first-order valence-electron chi connectivity index (χ1n) is 5.28. The summed E-state index contributed by atoms with van der Waals surface area (Å²) >= 11 is 3.46. The molecule has 0 amide bonds. The molecule has 2 aromatic rings. The molecule has 0 saturated heterocycles. The van der Waals surface area contributed by atoms with Gasteiger partial charge >= 0.3 is 0 Å². The Morgan fingerprint density at radius 2 is 2.29 bits per heavy atom. The summed E-state index contributed by atoms with van der Waals surface area (Å²) in [6.45, 7) is 1.31. The standard InChI is InChI=1S/C12H14BrN3O/c1-17-6-5-16-11(8-15-12(16)14)9-3-2-4-10(13)7-9/h2-4,7-8H,5-6H2,1H3,(H2,14,15). The number of halogens is 1. The van der Waals surface area contributed by atoms with E-state index in [0.717, 1.165) is 15.7 Å². The minimum atomic E-state index is 0.511. The average Bonchev–Trinajstić information content (AvgIpc) is 2.68. The van der Waals surface area contributed by atoms with Gasteiger partial charge in [-0.2, -0.15) is 0 Å². The van der Waals surface area contributed by atoms with E-state index in [1.807, 2.05) is 28.8 Å². The lowest BCUT2D eigenvalue weighted by Gasteiger charge is -2.09. The molecule has 0 aliphatic rings. The third kappa shape index (κ3) is 2.68. The van der Waals surface area contributed by atoms with Crippen molar-refractivity contribution in [2.24, 2.45) is 0 Å². The lowest BCUT2D eigenvalue weighted by Crippen LogP contribution is -2.09. The SMILES string of the molecule is COCCn1c(-c2cccc(Br)c2)cnc1N. The molecule has 0 radical (unpaired) electrons. The first-order valence-corrected chi connectivity index (χ1v) is 6.07. The smallest absolute Gasteiger partial charge is 0.200 e. The molecule has 0 aliphatic heterocycles. The van der Waals surface area contributed by atoms with E-state index < -0.39 is 0 Å². The van der Waals surface area contributed by atoms with Crippen molar-refractivity contribution in [3.8, 4) is 11.3 Å². The van der Waals surface area contributed by atoms with Crippen molar-refractivity contribution >= 4 is 21.9 Å². The number of rotatable bonds is 4. The fourth-order valence-electron chi connectivity index (χ4n) is 1.69. The van der Waals surface area contributed by atoms with Crippen LogP contribution in [0.2, 0.25) is 0 Å². The largest absolute Gasteiger partial charge is 0.383 e. The third-order valence-corrected chi connectivity index (χ3v) is 3.02. The van der Waals surface area contributed by atoms with Crippen molar-refractivity contribution in [3.63, 3.8) is 0 Å². The molecule has 90 valence electrons. The first kappa shape index (κ1) is 12.1. The monoisotopic (exact) mass is 295 g/mol. The summed E-state index contributed by atoms with van der Waals surface area (Å²) in [6, 6.07) is 8.05. The van der Waals surface area contributed by atoms with Crippen molar-refractivity contribution in [2.45, 2.75) is 6.54 Å². The molecule has 0 saturated carbocycles. The number of nitrogens with two attached hydrogens (primary N) is 1. The summed E-state index contributed by atoms with van der Waals surface area (Å²) < 4.78 is 8.06. The maximum absolute atomic E-state index is 5.84. The minimum absolute atomic E-state index is 0.511. The normalized spacial score (nSPS) is 10.7. The number of hydrogen-bond donors (Lipinski definition) is 1. The van der Waals surface area contributed by atoms with Gasteiger partial charge < -0.3 is 15.0 Å².